The summed E-state index contributed by atoms with van der Waals surface area (Å²) in [4.78, 5) is 0. The highest BCUT2D eigenvalue weighted by Crippen LogP contribution is 2.10. The van der Waals surface area contributed by atoms with Crippen LogP contribution < -0.4 is 0 Å². The zero-order chi connectivity index (χ0) is 9.03. The largest absolute Gasteiger partial charge is 0.224 e. The van der Waals surface area contributed by atoms with Crippen molar-refractivity contribution in [3.05, 3.63) is 12.2 Å². The maximum absolute atomic E-state index is 11.4. The summed E-state index contributed by atoms with van der Waals surface area (Å²) >= 11 is 2.98. The first-order valence-corrected chi connectivity index (χ1v) is 6.58. The Bertz CT molecular complexity index is 261. The molecule has 1 aliphatic rings. The van der Waals surface area contributed by atoms with Crippen molar-refractivity contribution in [1.29, 1.82) is 0 Å². The summed E-state index contributed by atoms with van der Waals surface area (Å²) in [5.74, 6) is 0. The average molecular weight is 254 g/mol. The second kappa shape index (κ2) is 4.39. The van der Waals surface area contributed by atoms with E-state index in [4.69, 9.17) is 0 Å². The molecule has 0 fully saturated rings. The molecule has 3 nitrogen and oxygen atoms in total. The van der Waals surface area contributed by atoms with Crippen molar-refractivity contribution in [3.63, 3.8) is 0 Å². The molecule has 1 rings (SSSR count). The molecule has 0 bridgehead atoms. The number of hydrogen-bond acceptors (Lipinski definition) is 2. The third-order valence-electron chi connectivity index (χ3n) is 1.79. The van der Waals surface area contributed by atoms with Crippen molar-refractivity contribution < 1.29 is 8.42 Å². The summed E-state index contributed by atoms with van der Waals surface area (Å²) in [7, 11) is -3.05. The predicted molar refractivity (Wildman–Crippen MR) is 52.7 cm³/mol. The average Bonchev–Trinajstić information content (AvgIpc) is 2.32. The van der Waals surface area contributed by atoms with Gasteiger partial charge in [-0.3, -0.25) is 0 Å². The van der Waals surface area contributed by atoms with E-state index in [-0.39, 0.29) is 4.66 Å². The van der Waals surface area contributed by atoms with E-state index in [1.165, 1.54) is 4.31 Å². The van der Waals surface area contributed by atoms with Gasteiger partial charge in [0.05, 0.1) is 0 Å². The zero-order valence-corrected chi connectivity index (χ0v) is 9.14. The van der Waals surface area contributed by atoms with Crippen LogP contribution in [0.1, 0.15) is 12.8 Å². The second-order valence-corrected chi connectivity index (χ2v) is 5.96. The molecule has 1 aliphatic heterocycles. The van der Waals surface area contributed by atoms with Gasteiger partial charge in [-0.1, -0.05) is 28.1 Å². The molecule has 5 heteroatoms. The topological polar surface area (TPSA) is 37.4 Å². The SMILES string of the molecule is O=S(=O)(CBr)N1CC=CCCC1. The van der Waals surface area contributed by atoms with Crippen molar-refractivity contribution in [3.8, 4) is 0 Å². The van der Waals surface area contributed by atoms with Crippen LogP contribution >= 0.6 is 15.9 Å². The Morgan fingerprint density at radius 3 is 2.83 bits per heavy atom. The third kappa shape index (κ3) is 2.57. The van der Waals surface area contributed by atoms with Crippen LogP contribution in [0.25, 0.3) is 0 Å². The number of halogens is 1. The number of alkyl halides is 1. The summed E-state index contributed by atoms with van der Waals surface area (Å²) in [6.45, 7) is 1.16. The molecule has 0 aromatic rings. The minimum atomic E-state index is -3.05. The number of rotatable bonds is 2. The fourth-order valence-electron chi connectivity index (χ4n) is 1.11. The van der Waals surface area contributed by atoms with Gasteiger partial charge in [0.2, 0.25) is 10.0 Å². The van der Waals surface area contributed by atoms with E-state index >= 15 is 0 Å². The maximum atomic E-state index is 11.4. The first kappa shape index (κ1) is 10.2. The van der Waals surface area contributed by atoms with Gasteiger partial charge in [0.1, 0.15) is 4.66 Å². The van der Waals surface area contributed by atoms with Crippen LogP contribution in [0.15, 0.2) is 12.2 Å². The van der Waals surface area contributed by atoms with Gasteiger partial charge >= 0.3 is 0 Å². The molecule has 0 atom stereocenters. The Balaban J connectivity index is 2.68. The van der Waals surface area contributed by atoms with Crippen LogP contribution in [0.4, 0.5) is 0 Å². The van der Waals surface area contributed by atoms with Crippen LogP contribution in [0, 0.1) is 0 Å². The molecule has 0 unspecified atom stereocenters. The Morgan fingerprint density at radius 1 is 1.42 bits per heavy atom. The fraction of sp³-hybridized carbons (Fsp3) is 0.714. The first-order valence-electron chi connectivity index (χ1n) is 3.85. The van der Waals surface area contributed by atoms with Crippen LogP contribution in [0.5, 0.6) is 0 Å². The number of nitrogens with zero attached hydrogens (tertiary/aromatic N) is 1. The molecule has 12 heavy (non-hydrogen) atoms. The van der Waals surface area contributed by atoms with Gasteiger partial charge in [-0.25, -0.2) is 8.42 Å². The van der Waals surface area contributed by atoms with Crippen molar-refractivity contribution in [1.82, 2.24) is 4.31 Å². The normalized spacial score (nSPS) is 20.8. The lowest BCUT2D eigenvalue weighted by atomic mass is 10.3. The lowest BCUT2D eigenvalue weighted by Crippen LogP contribution is -2.32. The molecular formula is C7H12BrNO2S. The number of allylic oxidation sites excluding steroid dienone is 1. The monoisotopic (exact) mass is 253 g/mol. The van der Waals surface area contributed by atoms with E-state index < -0.39 is 10.0 Å². The Morgan fingerprint density at radius 2 is 2.17 bits per heavy atom. The molecule has 0 aliphatic carbocycles. The van der Waals surface area contributed by atoms with E-state index in [9.17, 15) is 8.42 Å². The molecule has 0 spiro atoms. The van der Waals surface area contributed by atoms with Crippen molar-refractivity contribution in [2.24, 2.45) is 0 Å². The van der Waals surface area contributed by atoms with E-state index in [1.807, 2.05) is 12.2 Å². The molecule has 1 heterocycles. The Hall–Kier alpha value is 0.130. The van der Waals surface area contributed by atoms with Crippen LogP contribution in [0.2, 0.25) is 0 Å². The van der Waals surface area contributed by atoms with Gasteiger partial charge in [0.15, 0.2) is 0 Å². The minimum absolute atomic E-state index is 0.0217. The van der Waals surface area contributed by atoms with E-state index in [0.29, 0.717) is 13.1 Å². The Labute approximate surface area is 81.6 Å². The highest BCUT2D eigenvalue weighted by atomic mass is 79.9. The summed E-state index contributed by atoms with van der Waals surface area (Å²) < 4.78 is 24.2. The molecule has 0 saturated carbocycles. The summed E-state index contributed by atoms with van der Waals surface area (Å²) in [5, 5.41) is 0. The summed E-state index contributed by atoms with van der Waals surface area (Å²) in [5.41, 5.74) is 0. The lowest BCUT2D eigenvalue weighted by molar-refractivity contribution is 0.446. The molecular weight excluding hydrogens is 242 g/mol. The van der Waals surface area contributed by atoms with Crippen molar-refractivity contribution in [2.45, 2.75) is 12.8 Å². The van der Waals surface area contributed by atoms with Crippen LogP contribution in [-0.2, 0) is 10.0 Å². The molecule has 0 amide bonds. The van der Waals surface area contributed by atoms with Crippen molar-refractivity contribution in [2.75, 3.05) is 17.8 Å². The predicted octanol–water partition coefficient (Wildman–Crippen LogP) is 1.32. The molecule has 0 N–H and O–H groups in total. The maximum Gasteiger partial charge on any atom is 0.224 e. The van der Waals surface area contributed by atoms with E-state index in [2.05, 4.69) is 15.9 Å². The zero-order valence-electron chi connectivity index (χ0n) is 6.74. The Kier molecular flexibility index (Phi) is 3.74. The smallest absolute Gasteiger partial charge is 0.211 e. The summed E-state index contributed by atoms with van der Waals surface area (Å²) in [6, 6.07) is 0. The molecule has 0 radical (unpaired) electrons. The second-order valence-electron chi connectivity index (χ2n) is 2.69. The number of sulfonamides is 1. The molecule has 0 aromatic heterocycles. The van der Waals surface area contributed by atoms with Gasteiger partial charge in [-0.15, -0.1) is 0 Å². The lowest BCUT2D eigenvalue weighted by Gasteiger charge is -2.17. The van der Waals surface area contributed by atoms with Crippen LogP contribution in [0.3, 0.4) is 0 Å². The van der Waals surface area contributed by atoms with Gasteiger partial charge in [-0.05, 0) is 12.8 Å². The first-order chi connectivity index (χ1) is 5.67. The van der Waals surface area contributed by atoms with Gasteiger partial charge in [0, 0.05) is 13.1 Å². The van der Waals surface area contributed by atoms with Crippen LogP contribution in [-0.4, -0.2) is 30.5 Å². The van der Waals surface area contributed by atoms with Gasteiger partial charge in [0.25, 0.3) is 0 Å². The van der Waals surface area contributed by atoms with Gasteiger partial charge in [-0.2, -0.15) is 4.31 Å². The number of hydrogen-bond donors (Lipinski definition) is 0. The summed E-state index contributed by atoms with van der Waals surface area (Å²) in [6.07, 6.45) is 5.84. The van der Waals surface area contributed by atoms with Gasteiger partial charge < -0.3 is 0 Å². The molecule has 0 aromatic carbocycles. The molecule has 70 valence electrons. The fourth-order valence-corrected chi connectivity index (χ4v) is 2.84. The van der Waals surface area contributed by atoms with Crippen molar-refractivity contribution >= 4 is 26.0 Å². The quantitative estimate of drug-likeness (QED) is 0.550. The van der Waals surface area contributed by atoms with E-state index in [0.717, 1.165) is 12.8 Å². The third-order valence-corrected chi connectivity index (χ3v) is 4.92. The molecule has 0 saturated heterocycles. The highest BCUT2D eigenvalue weighted by Gasteiger charge is 2.19. The minimum Gasteiger partial charge on any atom is -0.211 e. The van der Waals surface area contributed by atoms with E-state index in [1.54, 1.807) is 0 Å². The highest BCUT2D eigenvalue weighted by molar-refractivity contribution is 9.10. The standard InChI is InChI=1S/C7H12BrNO2S/c8-7-12(10,11)9-5-3-1-2-4-6-9/h1,3H,2,4-7H2.